The molecule has 0 aliphatic heterocycles. The van der Waals surface area contributed by atoms with Crippen LogP contribution in [-0.4, -0.2) is 101 Å². The third kappa shape index (κ3) is 26.9. The van der Waals surface area contributed by atoms with Gasteiger partial charge >= 0.3 is 0 Å². The van der Waals surface area contributed by atoms with Gasteiger partial charge in [-0.1, -0.05) is 47.6 Å². The van der Waals surface area contributed by atoms with E-state index in [1.165, 1.54) is 0 Å². The van der Waals surface area contributed by atoms with E-state index in [-0.39, 0.29) is 27.2 Å². The molecule has 4 N–H and O–H groups in total. The Morgan fingerprint density at radius 3 is 1.56 bits per heavy atom. The van der Waals surface area contributed by atoms with Gasteiger partial charge in [-0.25, -0.2) is 0 Å². The van der Waals surface area contributed by atoms with Crippen molar-refractivity contribution in [3.63, 3.8) is 0 Å². The first-order valence-corrected chi connectivity index (χ1v) is 21.4. The fraction of sp³-hybridized carbons (Fsp3) is 0.351. The number of hydrogen-bond donors (Lipinski definition) is 4. The predicted molar refractivity (Wildman–Crippen MR) is 243 cm³/mol. The number of aromatic nitrogens is 8. The Labute approximate surface area is 381 Å². The molecule has 14 nitrogen and oxygen atoms in total. The Bertz CT molecular complexity index is 1750. The second-order valence-electron chi connectivity index (χ2n) is 10.3. The molecule has 0 bridgehead atoms. The number of alkyl halides is 2. The fourth-order valence-corrected chi connectivity index (χ4v) is 5.05. The molecule has 0 aliphatic carbocycles. The predicted octanol–water partition coefficient (Wildman–Crippen LogP) is 8.76. The summed E-state index contributed by atoms with van der Waals surface area (Å²) in [5.41, 5.74) is 2.25. The summed E-state index contributed by atoms with van der Waals surface area (Å²) in [6.07, 6.45) is 7.09. The normalized spacial score (nSPS) is 9.60. The van der Waals surface area contributed by atoms with E-state index in [1.54, 1.807) is 42.2 Å². The lowest BCUT2D eigenvalue weighted by Gasteiger charge is -2.05. The number of nitrogens with zero attached hydrogens (tertiary/aromatic N) is 7. The van der Waals surface area contributed by atoms with Gasteiger partial charge in [0.1, 0.15) is 29.9 Å². The third-order valence-corrected chi connectivity index (χ3v) is 8.90. The van der Waals surface area contributed by atoms with E-state index in [1.807, 2.05) is 83.7 Å². The molecular weight excluding hydrogens is 1090 g/mol. The maximum Gasteiger partial charge on any atom is 0.128 e. The summed E-state index contributed by atoms with van der Waals surface area (Å²) < 4.78 is 24.3. The second kappa shape index (κ2) is 35.4. The summed E-state index contributed by atoms with van der Waals surface area (Å²) in [5.74, 6) is 2.29. The van der Waals surface area contributed by atoms with Crippen molar-refractivity contribution in [3.05, 3.63) is 127 Å². The molecule has 2 aromatic carbocycles. The smallest absolute Gasteiger partial charge is 0.128 e. The Balaban J connectivity index is 0.000000700. The SMILES string of the molecule is Brc1ccn[nH]1.C.COc1ccc(CCl)cc1.COc1ccc(COCCn2ccc(Br)n2)cc1.OCCBr.OCCn1ccc(Br)n1.OCCn1nccc1Br. The van der Waals surface area contributed by atoms with Crippen LogP contribution in [0.2, 0.25) is 0 Å². The number of aliphatic hydroxyl groups excluding tert-OH is 3. The van der Waals surface area contributed by atoms with Crippen LogP contribution in [0.15, 0.2) is 116 Å². The van der Waals surface area contributed by atoms with Crippen molar-refractivity contribution in [1.82, 2.24) is 39.5 Å². The van der Waals surface area contributed by atoms with Crippen molar-refractivity contribution in [3.8, 4) is 11.5 Å². The van der Waals surface area contributed by atoms with Crippen LogP contribution in [-0.2, 0) is 36.9 Å². The number of H-pyrrole nitrogens is 1. The highest BCUT2D eigenvalue weighted by atomic mass is 79.9. The van der Waals surface area contributed by atoms with E-state index < -0.39 is 0 Å². The molecular formula is C37H50Br5ClN8O6. The molecule has 4 heterocycles. The van der Waals surface area contributed by atoms with Gasteiger partial charge in [0, 0.05) is 29.8 Å². The van der Waals surface area contributed by atoms with E-state index >= 15 is 0 Å². The number of nitrogens with one attached hydrogen (secondary N) is 1. The lowest BCUT2D eigenvalue weighted by Crippen LogP contribution is -2.06. The minimum Gasteiger partial charge on any atom is -0.497 e. The summed E-state index contributed by atoms with van der Waals surface area (Å²) >= 11 is 21.5. The molecule has 57 heavy (non-hydrogen) atoms. The summed E-state index contributed by atoms with van der Waals surface area (Å²) in [4.78, 5) is 0. The van der Waals surface area contributed by atoms with E-state index in [9.17, 15) is 0 Å². The molecule has 0 radical (unpaired) electrons. The highest BCUT2D eigenvalue weighted by Crippen LogP contribution is 2.13. The zero-order chi connectivity index (χ0) is 41.4. The van der Waals surface area contributed by atoms with Crippen molar-refractivity contribution >= 4 is 91.3 Å². The van der Waals surface area contributed by atoms with Gasteiger partial charge in [0.15, 0.2) is 0 Å². The molecule has 0 atom stereocenters. The number of halogens is 6. The average molecular weight is 1140 g/mol. The quantitative estimate of drug-likeness (QED) is 0.0648. The van der Waals surface area contributed by atoms with E-state index in [2.05, 4.69) is 105 Å². The zero-order valence-electron chi connectivity index (χ0n) is 30.8. The Kier molecular flexibility index (Phi) is 33.8. The van der Waals surface area contributed by atoms with Crippen LogP contribution in [0.25, 0.3) is 0 Å². The fourth-order valence-electron chi connectivity index (χ4n) is 3.62. The molecule has 0 aliphatic rings. The van der Waals surface area contributed by atoms with Crippen molar-refractivity contribution in [2.45, 2.75) is 39.5 Å². The number of ether oxygens (including phenoxy) is 3. The van der Waals surface area contributed by atoms with Crippen LogP contribution >= 0.6 is 91.3 Å². The summed E-state index contributed by atoms with van der Waals surface area (Å²) in [6, 6.07) is 23.0. The molecule has 316 valence electrons. The van der Waals surface area contributed by atoms with Crippen molar-refractivity contribution in [2.24, 2.45) is 0 Å². The first kappa shape index (κ1) is 54.4. The number of benzene rings is 2. The molecule has 20 heteroatoms. The first-order valence-electron chi connectivity index (χ1n) is 16.6. The summed E-state index contributed by atoms with van der Waals surface area (Å²) in [7, 11) is 3.31. The van der Waals surface area contributed by atoms with Gasteiger partial charge in [-0.3, -0.25) is 19.1 Å². The van der Waals surface area contributed by atoms with Crippen molar-refractivity contribution in [1.29, 1.82) is 0 Å². The topological polar surface area (TPSA) is 171 Å². The lowest BCUT2D eigenvalue weighted by molar-refractivity contribution is 0.111. The molecule has 0 spiro atoms. The Morgan fingerprint density at radius 2 is 1.21 bits per heavy atom. The molecule has 0 fully saturated rings. The highest BCUT2D eigenvalue weighted by molar-refractivity contribution is 9.11. The molecule has 6 aromatic rings. The van der Waals surface area contributed by atoms with Crippen LogP contribution < -0.4 is 9.47 Å². The molecule has 0 saturated carbocycles. The van der Waals surface area contributed by atoms with Gasteiger partial charge in [-0.15, -0.1) is 11.6 Å². The van der Waals surface area contributed by atoms with Crippen LogP contribution in [0.4, 0.5) is 0 Å². The maximum absolute atomic E-state index is 8.48. The molecule has 4 aromatic heterocycles. The van der Waals surface area contributed by atoms with E-state index in [4.69, 9.17) is 41.1 Å². The van der Waals surface area contributed by atoms with Gasteiger partial charge in [-0.2, -0.15) is 20.4 Å². The van der Waals surface area contributed by atoms with E-state index in [0.29, 0.717) is 37.5 Å². The first-order chi connectivity index (χ1) is 27.1. The third-order valence-electron chi connectivity index (χ3n) is 6.28. The summed E-state index contributed by atoms with van der Waals surface area (Å²) in [6.45, 7) is 3.60. The van der Waals surface area contributed by atoms with Crippen molar-refractivity contribution < 1.29 is 29.5 Å². The highest BCUT2D eigenvalue weighted by Gasteiger charge is 1.98. The van der Waals surface area contributed by atoms with Crippen LogP contribution in [0.1, 0.15) is 18.6 Å². The second-order valence-corrected chi connectivity index (χ2v) is 14.7. The van der Waals surface area contributed by atoms with Gasteiger partial charge in [0.25, 0.3) is 0 Å². The average Bonchev–Trinajstić information content (AvgIpc) is 4.06. The minimum atomic E-state index is 0. The maximum atomic E-state index is 8.48. The Morgan fingerprint density at radius 1 is 0.684 bits per heavy atom. The monoisotopic (exact) mass is 1130 g/mol. The lowest BCUT2D eigenvalue weighted by atomic mass is 10.2. The van der Waals surface area contributed by atoms with Gasteiger partial charge in [0.2, 0.25) is 0 Å². The standard InChI is InChI=1S/C13H15BrN2O2.C8H9ClO.2C5H7BrN2O.C3H3BrN2.C2H5BrO.CH4/c1-17-12-4-2-11(3-5-12)10-18-9-8-16-7-6-13(14)15-16;1-10-8-4-2-7(6-9)3-5-8;6-5-1-2-8(7-5)3-4-9;6-5-1-2-7-8(5)3-4-9;4-3-1-2-5-6-3;3-1-2-4;/h2-7H,8-10H2,1H3;2-5H,6H2,1H3;2*1-2,9H,3-4H2;1-2H,(H,5,6);4H,1-2H2;1H4. The van der Waals surface area contributed by atoms with Crippen LogP contribution in [0.3, 0.4) is 0 Å². The van der Waals surface area contributed by atoms with Crippen LogP contribution in [0.5, 0.6) is 11.5 Å². The van der Waals surface area contributed by atoms with Gasteiger partial charge < -0.3 is 29.5 Å². The van der Waals surface area contributed by atoms with Gasteiger partial charge in [-0.05, 0) is 123 Å². The zero-order valence-corrected chi connectivity index (χ0v) is 39.5. The molecule has 6 rings (SSSR count). The molecule has 0 amide bonds. The van der Waals surface area contributed by atoms with Gasteiger partial charge in [0.05, 0.1) is 73.1 Å². The number of rotatable bonds is 13. The number of methoxy groups -OCH3 is 2. The minimum absolute atomic E-state index is 0. The number of aliphatic hydroxyl groups is 3. The van der Waals surface area contributed by atoms with Crippen LogP contribution in [0, 0.1) is 0 Å². The molecule has 0 unspecified atom stereocenters. The number of hydrogen-bond acceptors (Lipinski definition) is 10. The van der Waals surface area contributed by atoms with Crippen molar-refractivity contribution in [2.75, 3.05) is 46.0 Å². The largest absolute Gasteiger partial charge is 0.497 e. The molecule has 0 saturated heterocycles. The van der Waals surface area contributed by atoms with E-state index in [0.717, 1.165) is 47.6 Å². The number of aromatic amines is 1. The summed E-state index contributed by atoms with van der Waals surface area (Å²) in [5, 5.41) is 43.9. The Hall–Kier alpha value is -2.59.